The van der Waals surface area contributed by atoms with E-state index in [1.807, 2.05) is 24.3 Å². The zero-order valence-corrected chi connectivity index (χ0v) is 13.8. The van der Waals surface area contributed by atoms with Crippen molar-refractivity contribution in [2.24, 2.45) is 0 Å². The first-order chi connectivity index (χ1) is 11.5. The number of fused-ring (bicyclic) bond motifs is 1. The van der Waals surface area contributed by atoms with Crippen LogP contribution in [-0.4, -0.2) is 19.9 Å². The second kappa shape index (κ2) is 7.07. The Labute approximate surface area is 140 Å². The molecule has 0 spiro atoms. The zero-order chi connectivity index (χ0) is 17.0. The summed E-state index contributed by atoms with van der Waals surface area (Å²) in [6.07, 6.45) is 2.08. The number of aromatic nitrogens is 1. The maximum absolute atomic E-state index is 13.1. The lowest BCUT2D eigenvalue weighted by Crippen LogP contribution is -2.27. The third-order valence-corrected chi connectivity index (χ3v) is 5.02. The first-order valence-electron chi connectivity index (χ1n) is 7.58. The Morgan fingerprint density at radius 2 is 1.83 bits per heavy atom. The zero-order valence-electron chi connectivity index (χ0n) is 12.9. The lowest BCUT2D eigenvalue weighted by atomic mass is 10.1. The first kappa shape index (κ1) is 16.5. The van der Waals surface area contributed by atoms with Gasteiger partial charge in [0.2, 0.25) is 10.0 Å². The van der Waals surface area contributed by atoms with Gasteiger partial charge in [0.1, 0.15) is 5.82 Å². The number of rotatable bonds is 6. The molecule has 3 aromatic rings. The van der Waals surface area contributed by atoms with Gasteiger partial charge in [-0.15, -0.1) is 0 Å². The number of nitrogens with zero attached hydrogens (tertiary/aromatic N) is 1. The van der Waals surface area contributed by atoms with Crippen molar-refractivity contribution in [2.75, 3.05) is 6.54 Å². The molecule has 2 aromatic carbocycles. The highest BCUT2D eigenvalue weighted by Gasteiger charge is 2.13. The van der Waals surface area contributed by atoms with Gasteiger partial charge in [0.25, 0.3) is 0 Å². The van der Waals surface area contributed by atoms with Gasteiger partial charge in [-0.3, -0.25) is 4.98 Å². The predicted molar refractivity (Wildman–Crippen MR) is 92.5 cm³/mol. The summed E-state index contributed by atoms with van der Waals surface area (Å²) in [4.78, 5) is 4.27. The van der Waals surface area contributed by atoms with Crippen LogP contribution in [0.4, 0.5) is 4.39 Å². The van der Waals surface area contributed by atoms with Crippen LogP contribution in [0.15, 0.2) is 60.8 Å². The van der Waals surface area contributed by atoms with Crippen molar-refractivity contribution in [1.82, 2.24) is 9.71 Å². The number of nitrogens with one attached hydrogen (secondary N) is 1. The molecule has 1 aromatic heterocycles. The molecular weight excluding hydrogens is 327 g/mol. The molecule has 6 heteroatoms. The molecule has 0 atom stereocenters. The van der Waals surface area contributed by atoms with Gasteiger partial charge in [0, 0.05) is 18.1 Å². The quantitative estimate of drug-likeness (QED) is 0.748. The molecule has 124 valence electrons. The second-order valence-electron chi connectivity index (χ2n) is 5.53. The van der Waals surface area contributed by atoms with E-state index in [4.69, 9.17) is 0 Å². The molecule has 24 heavy (non-hydrogen) atoms. The largest absolute Gasteiger partial charge is 0.256 e. The molecule has 0 bridgehead atoms. The van der Waals surface area contributed by atoms with Crippen molar-refractivity contribution in [3.8, 4) is 0 Å². The topological polar surface area (TPSA) is 59.1 Å². The minimum Gasteiger partial charge on any atom is -0.256 e. The van der Waals surface area contributed by atoms with Gasteiger partial charge < -0.3 is 0 Å². The van der Waals surface area contributed by atoms with Crippen molar-refractivity contribution in [2.45, 2.75) is 12.2 Å². The Morgan fingerprint density at radius 3 is 2.67 bits per heavy atom. The molecule has 0 amide bonds. The van der Waals surface area contributed by atoms with Gasteiger partial charge in [0.15, 0.2) is 0 Å². The molecular formula is C18H17FN2O2S. The maximum atomic E-state index is 13.1. The summed E-state index contributed by atoms with van der Waals surface area (Å²) in [5.41, 5.74) is 2.10. The minimum atomic E-state index is -3.49. The van der Waals surface area contributed by atoms with Crippen molar-refractivity contribution >= 4 is 20.9 Å². The molecule has 0 saturated carbocycles. The molecule has 1 heterocycles. The fourth-order valence-corrected chi connectivity index (χ4v) is 3.74. The van der Waals surface area contributed by atoms with Crippen LogP contribution < -0.4 is 4.72 Å². The third kappa shape index (κ3) is 4.15. The predicted octanol–water partition coefficient (Wildman–Crippen LogP) is 3.04. The molecule has 0 aliphatic heterocycles. The lowest BCUT2D eigenvalue weighted by Gasteiger charge is -2.09. The number of sulfonamides is 1. The van der Waals surface area contributed by atoms with E-state index in [1.54, 1.807) is 24.4 Å². The highest BCUT2D eigenvalue weighted by molar-refractivity contribution is 7.88. The van der Waals surface area contributed by atoms with E-state index in [9.17, 15) is 12.8 Å². The van der Waals surface area contributed by atoms with Crippen LogP contribution in [-0.2, 0) is 22.2 Å². The second-order valence-corrected chi connectivity index (χ2v) is 7.33. The summed E-state index contributed by atoms with van der Waals surface area (Å²) < 4.78 is 40.3. The average molecular weight is 344 g/mol. The molecule has 0 radical (unpaired) electrons. The molecule has 0 aliphatic carbocycles. The van der Waals surface area contributed by atoms with Crippen LogP contribution in [0, 0.1) is 5.82 Å². The number of pyridine rings is 1. The fourth-order valence-electron chi connectivity index (χ4n) is 2.58. The normalized spacial score (nSPS) is 11.7. The smallest absolute Gasteiger partial charge is 0.215 e. The first-order valence-corrected chi connectivity index (χ1v) is 9.23. The number of hydrogen-bond donors (Lipinski definition) is 1. The van der Waals surface area contributed by atoms with E-state index in [1.165, 1.54) is 12.1 Å². The van der Waals surface area contributed by atoms with E-state index in [0.29, 0.717) is 17.5 Å². The van der Waals surface area contributed by atoms with Crippen LogP contribution in [0.1, 0.15) is 11.1 Å². The molecule has 0 aliphatic rings. The Balaban J connectivity index is 1.67. The van der Waals surface area contributed by atoms with Gasteiger partial charge in [0.05, 0.1) is 11.3 Å². The van der Waals surface area contributed by atoms with Gasteiger partial charge in [-0.25, -0.2) is 17.5 Å². The van der Waals surface area contributed by atoms with E-state index in [2.05, 4.69) is 9.71 Å². The summed E-state index contributed by atoms with van der Waals surface area (Å²) >= 11 is 0. The molecule has 3 rings (SSSR count). The van der Waals surface area contributed by atoms with Crippen molar-refractivity contribution in [1.29, 1.82) is 0 Å². The highest BCUT2D eigenvalue weighted by atomic mass is 32.2. The summed E-state index contributed by atoms with van der Waals surface area (Å²) in [5, 5.41) is 0.907. The van der Waals surface area contributed by atoms with E-state index >= 15 is 0 Å². The summed E-state index contributed by atoms with van der Waals surface area (Å²) in [5.74, 6) is -0.456. The fraction of sp³-hybridized carbons (Fsp3) is 0.167. The van der Waals surface area contributed by atoms with Gasteiger partial charge in [-0.1, -0.05) is 36.4 Å². The van der Waals surface area contributed by atoms with Crippen molar-refractivity contribution in [3.05, 3.63) is 77.7 Å². The molecule has 0 saturated heterocycles. The lowest BCUT2D eigenvalue weighted by molar-refractivity contribution is 0.580. The number of para-hydroxylation sites is 1. The maximum Gasteiger partial charge on any atom is 0.215 e. The summed E-state index contributed by atoms with van der Waals surface area (Å²) in [6, 6.07) is 15.4. The van der Waals surface area contributed by atoms with E-state index in [-0.39, 0.29) is 18.1 Å². The highest BCUT2D eigenvalue weighted by Crippen LogP contribution is 2.17. The summed E-state index contributed by atoms with van der Waals surface area (Å²) in [6.45, 7) is 0.226. The Morgan fingerprint density at radius 1 is 1.04 bits per heavy atom. The van der Waals surface area contributed by atoms with Crippen LogP contribution >= 0.6 is 0 Å². The molecule has 0 unspecified atom stereocenters. The third-order valence-electron chi connectivity index (χ3n) is 3.69. The van der Waals surface area contributed by atoms with E-state index in [0.717, 1.165) is 10.9 Å². The number of benzene rings is 2. The van der Waals surface area contributed by atoms with E-state index < -0.39 is 10.0 Å². The Hall–Kier alpha value is -2.31. The van der Waals surface area contributed by atoms with Gasteiger partial charge >= 0.3 is 0 Å². The standard InChI is InChI=1S/C18H17FN2O2S/c19-17-8-1-4-14(12-17)9-11-21-24(22,23)13-16-6-2-5-15-7-3-10-20-18(15)16/h1-8,10,12,21H,9,11,13H2. The Bertz CT molecular complexity index is 953. The number of halogens is 1. The minimum absolute atomic E-state index is 0.134. The van der Waals surface area contributed by atoms with Crippen molar-refractivity contribution < 1.29 is 12.8 Å². The van der Waals surface area contributed by atoms with Gasteiger partial charge in [-0.2, -0.15) is 0 Å². The van der Waals surface area contributed by atoms with Crippen LogP contribution in [0.5, 0.6) is 0 Å². The van der Waals surface area contributed by atoms with Crippen LogP contribution in [0.25, 0.3) is 10.9 Å². The van der Waals surface area contributed by atoms with Crippen LogP contribution in [0.2, 0.25) is 0 Å². The monoisotopic (exact) mass is 344 g/mol. The van der Waals surface area contributed by atoms with Gasteiger partial charge in [-0.05, 0) is 35.7 Å². The SMILES string of the molecule is O=S(=O)(Cc1cccc2cccnc12)NCCc1cccc(F)c1. The molecule has 4 nitrogen and oxygen atoms in total. The van der Waals surface area contributed by atoms with Crippen LogP contribution in [0.3, 0.4) is 0 Å². The number of hydrogen-bond acceptors (Lipinski definition) is 3. The average Bonchev–Trinajstić information content (AvgIpc) is 2.55. The Kier molecular flexibility index (Phi) is 4.87. The van der Waals surface area contributed by atoms with Crippen molar-refractivity contribution in [3.63, 3.8) is 0 Å². The molecule has 1 N–H and O–H groups in total. The summed E-state index contributed by atoms with van der Waals surface area (Å²) in [7, 11) is -3.49. The molecule has 0 fully saturated rings.